The molecule has 0 amide bonds. The zero-order chi connectivity index (χ0) is 12.3. The first-order valence-corrected chi connectivity index (χ1v) is 4.99. The van der Waals surface area contributed by atoms with Crippen molar-refractivity contribution >= 4 is 18.0 Å². The summed E-state index contributed by atoms with van der Waals surface area (Å²) >= 11 is 0. The summed E-state index contributed by atoms with van der Waals surface area (Å²) in [7, 11) is 1.31. The van der Waals surface area contributed by atoms with Crippen molar-refractivity contribution in [3.05, 3.63) is 11.8 Å². The maximum atomic E-state index is 11.5. The molecule has 0 aromatic heterocycles. The number of allylic oxidation sites excluding steroid dienone is 1. The maximum absolute atomic E-state index is 11.5. The van der Waals surface area contributed by atoms with Crippen molar-refractivity contribution in [1.82, 2.24) is 5.01 Å². The van der Waals surface area contributed by atoms with Gasteiger partial charge in [0.15, 0.2) is 5.78 Å². The molecule has 0 unspecified atom stereocenters. The lowest BCUT2D eigenvalue weighted by Crippen LogP contribution is -2.33. The van der Waals surface area contributed by atoms with E-state index in [2.05, 4.69) is 9.84 Å². The predicted molar refractivity (Wildman–Crippen MR) is 59.8 cm³/mol. The molecule has 0 N–H and O–H groups in total. The van der Waals surface area contributed by atoms with Gasteiger partial charge in [-0.05, 0) is 13.0 Å². The van der Waals surface area contributed by atoms with Crippen molar-refractivity contribution in [2.75, 3.05) is 13.7 Å². The average Bonchev–Trinajstić information content (AvgIpc) is 2.18. The van der Waals surface area contributed by atoms with Gasteiger partial charge >= 0.3 is 5.97 Å². The molecule has 1 rings (SSSR count). The Morgan fingerprint density at radius 1 is 1.50 bits per heavy atom. The minimum Gasteiger partial charge on any atom is -0.464 e. The number of nitrogens with zero attached hydrogens (tertiary/aromatic N) is 2. The molecule has 0 aromatic carbocycles. The van der Waals surface area contributed by atoms with Crippen LogP contribution in [-0.4, -0.2) is 36.6 Å². The van der Waals surface area contributed by atoms with Crippen molar-refractivity contribution in [2.24, 2.45) is 10.5 Å². The highest BCUT2D eigenvalue weighted by Gasteiger charge is 2.27. The van der Waals surface area contributed by atoms with Crippen molar-refractivity contribution in [3.8, 4) is 0 Å². The summed E-state index contributed by atoms with van der Waals surface area (Å²) in [5, 5.41) is 5.45. The molecule has 16 heavy (non-hydrogen) atoms. The van der Waals surface area contributed by atoms with Crippen LogP contribution in [0.15, 0.2) is 16.9 Å². The first kappa shape index (κ1) is 12.4. The number of rotatable bonds is 3. The van der Waals surface area contributed by atoms with Crippen LogP contribution in [0.1, 0.15) is 20.8 Å². The van der Waals surface area contributed by atoms with Gasteiger partial charge < -0.3 is 4.74 Å². The summed E-state index contributed by atoms with van der Waals surface area (Å²) in [6.07, 6.45) is 3.44. The van der Waals surface area contributed by atoms with Gasteiger partial charge in [-0.2, -0.15) is 5.10 Å². The normalized spacial score (nSPS) is 18.0. The number of hydrogen-bond acceptors (Lipinski definition) is 5. The summed E-state index contributed by atoms with van der Waals surface area (Å²) < 4.78 is 4.66. The third-order valence-electron chi connectivity index (χ3n) is 2.08. The van der Waals surface area contributed by atoms with Crippen molar-refractivity contribution in [2.45, 2.75) is 20.8 Å². The summed E-state index contributed by atoms with van der Waals surface area (Å²) in [5.74, 6) is -0.544. The van der Waals surface area contributed by atoms with E-state index in [1.54, 1.807) is 12.3 Å². The van der Waals surface area contributed by atoms with Gasteiger partial charge in [0.2, 0.25) is 0 Å². The van der Waals surface area contributed by atoms with Gasteiger partial charge in [0.05, 0.1) is 7.11 Å². The number of hydrazone groups is 1. The molecular weight excluding hydrogens is 208 g/mol. The second-order valence-electron chi connectivity index (χ2n) is 4.35. The molecule has 5 nitrogen and oxygen atoms in total. The Morgan fingerprint density at radius 3 is 2.62 bits per heavy atom. The lowest BCUT2D eigenvalue weighted by molar-refractivity contribution is -0.138. The van der Waals surface area contributed by atoms with Gasteiger partial charge in [-0.15, -0.1) is 0 Å². The summed E-state index contributed by atoms with van der Waals surface area (Å²) in [6.45, 7) is 5.37. The Hall–Kier alpha value is -1.65. The fourth-order valence-corrected chi connectivity index (χ4v) is 1.35. The fraction of sp³-hybridized carbons (Fsp3) is 0.545. The molecular formula is C11H16N2O3. The average molecular weight is 224 g/mol. The minimum atomic E-state index is -0.480. The number of ether oxygens (including phenoxy) is 1. The summed E-state index contributed by atoms with van der Waals surface area (Å²) in [6, 6.07) is 0. The van der Waals surface area contributed by atoms with E-state index < -0.39 is 5.97 Å². The Balaban J connectivity index is 2.98. The van der Waals surface area contributed by atoms with E-state index in [-0.39, 0.29) is 17.7 Å². The highest BCUT2D eigenvalue weighted by molar-refractivity contribution is 5.91. The first-order valence-electron chi connectivity index (χ1n) is 4.99. The lowest BCUT2D eigenvalue weighted by Gasteiger charge is -2.28. The molecule has 0 saturated carbocycles. The van der Waals surface area contributed by atoms with Gasteiger partial charge in [-0.1, -0.05) is 13.8 Å². The van der Waals surface area contributed by atoms with Crippen molar-refractivity contribution < 1.29 is 14.3 Å². The van der Waals surface area contributed by atoms with E-state index in [1.807, 2.05) is 13.8 Å². The van der Waals surface area contributed by atoms with E-state index >= 15 is 0 Å². The Bertz CT molecular complexity index is 369. The number of methoxy groups -OCH3 is 1. The van der Waals surface area contributed by atoms with Crippen LogP contribution in [0.4, 0.5) is 0 Å². The molecule has 0 aliphatic carbocycles. The molecule has 0 saturated heterocycles. The van der Waals surface area contributed by atoms with Crippen LogP contribution in [0.2, 0.25) is 0 Å². The first-order chi connectivity index (χ1) is 7.35. The Kier molecular flexibility index (Phi) is 3.47. The largest absolute Gasteiger partial charge is 0.464 e. The summed E-state index contributed by atoms with van der Waals surface area (Å²) in [4.78, 5) is 22.6. The number of hydrogen-bond donors (Lipinski definition) is 0. The van der Waals surface area contributed by atoms with Gasteiger partial charge in [0.1, 0.15) is 12.2 Å². The molecule has 1 heterocycles. The molecule has 1 aliphatic heterocycles. The molecule has 88 valence electrons. The van der Waals surface area contributed by atoms with E-state index in [0.29, 0.717) is 5.70 Å². The zero-order valence-corrected chi connectivity index (χ0v) is 9.98. The van der Waals surface area contributed by atoms with Gasteiger partial charge in [-0.25, -0.2) is 4.79 Å². The molecule has 0 bridgehead atoms. The van der Waals surface area contributed by atoms with Crippen LogP contribution in [0.25, 0.3) is 0 Å². The number of ketones is 1. The fourth-order valence-electron chi connectivity index (χ4n) is 1.35. The van der Waals surface area contributed by atoms with Crippen molar-refractivity contribution in [3.63, 3.8) is 0 Å². The molecule has 0 spiro atoms. The molecule has 0 atom stereocenters. The monoisotopic (exact) mass is 224 g/mol. The number of carbonyl (C=O) groups is 2. The number of Topliss-reactive ketones (excluding diaryl/α,β-unsaturated/α-hetero) is 1. The van der Waals surface area contributed by atoms with Gasteiger partial charge in [0, 0.05) is 11.6 Å². The highest BCUT2D eigenvalue weighted by Crippen LogP contribution is 2.24. The molecule has 0 fully saturated rings. The van der Waals surface area contributed by atoms with Crippen LogP contribution >= 0.6 is 0 Å². The third kappa shape index (κ3) is 2.92. The number of esters is 1. The van der Waals surface area contributed by atoms with E-state index in [0.717, 1.165) is 0 Å². The maximum Gasteiger partial charge on any atom is 0.355 e. The topological polar surface area (TPSA) is 59.0 Å². The van der Waals surface area contributed by atoms with Gasteiger partial charge in [-0.3, -0.25) is 9.80 Å². The standard InChI is InChI=1S/C11H16N2O3/c1-8(14)6-13-9(10(15)16-4)5-11(2,3)7-12-13/h5,7H,6H2,1-4H3. The highest BCUT2D eigenvalue weighted by atomic mass is 16.5. The molecule has 5 heteroatoms. The van der Waals surface area contributed by atoms with Crippen LogP contribution in [0, 0.1) is 5.41 Å². The van der Waals surface area contributed by atoms with Gasteiger partial charge in [0.25, 0.3) is 0 Å². The molecule has 1 aliphatic rings. The van der Waals surface area contributed by atoms with Crippen molar-refractivity contribution in [1.29, 1.82) is 0 Å². The van der Waals surface area contributed by atoms with E-state index in [9.17, 15) is 9.59 Å². The third-order valence-corrected chi connectivity index (χ3v) is 2.08. The van der Waals surface area contributed by atoms with Crippen LogP contribution in [0.5, 0.6) is 0 Å². The smallest absolute Gasteiger partial charge is 0.355 e. The van der Waals surface area contributed by atoms with Crippen LogP contribution in [-0.2, 0) is 14.3 Å². The molecule has 0 aromatic rings. The second kappa shape index (κ2) is 4.47. The summed E-state index contributed by atoms with van der Waals surface area (Å²) in [5.41, 5.74) is 0.00165. The lowest BCUT2D eigenvalue weighted by atomic mass is 9.93. The van der Waals surface area contributed by atoms with Crippen LogP contribution in [0.3, 0.4) is 0 Å². The quantitative estimate of drug-likeness (QED) is 0.670. The second-order valence-corrected chi connectivity index (χ2v) is 4.35. The van der Waals surface area contributed by atoms with E-state index in [4.69, 9.17) is 0 Å². The Labute approximate surface area is 94.8 Å². The minimum absolute atomic E-state index is 0.0633. The van der Waals surface area contributed by atoms with Crippen LogP contribution < -0.4 is 0 Å². The number of carbonyl (C=O) groups excluding carboxylic acids is 2. The molecule has 0 radical (unpaired) electrons. The predicted octanol–water partition coefficient (Wildman–Crippen LogP) is 0.960. The Morgan fingerprint density at radius 2 is 2.12 bits per heavy atom. The zero-order valence-electron chi connectivity index (χ0n) is 9.98. The SMILES string of the molecule is COC(=O)C1=CC(C)(C)C=NN1CC(C)=O. The van der Waals surface area contributed by atoms with E-state index in [1.165, 1.54) is 19.0 Å².